The first-order valence-electron chi connectivity index (χ1n) is 5.46. The van der Waals surface area contributed by atoms with Crippen molar-refractivity contribution in [2.45, 2.75) is 0 Å². The number of aldehydes is 1. The highest BCUT2D eigenvalue weighted by Gasteiger charge is 2.16. The van der Waals surface area contributed by atoms with Crippen molar-refractivity contribution in [2.24, 2.45) is 0 Å². The molecule has 16 heavy (non-hydrogen) atoms. The molecule has 0 aromatic heterocycles. The number of carbonyl (C=O) groups excluding carboxylic acids is 1. The summed E-state index contributed by atoms with van der Waals surface area (Å²) < 4.78 is 0. The monoisotopic (exact) mass is 238 g/mol. The predicted octanol–water partition coefficient (Wildman–Crippen LogP) is 1.66. The van der Waals surface area contributed by atoms with Crippen LogP contribution in [0.1, 0.15) is 0 Å². The molecule has 0 saturated carbocycles. The van der Waals surface area contributed by atoms with Gasteiger partial charge in [-0.05, 0) is 24.3 Å². The van der Waals surface area contributed by atoms with E-state index >= 15 is 0 Å². The molecule has 1 fully saturated rings. The van der Waals surface area contributed by atoms with Gasteiger partial charge >= 0.3 is 0 Å². The van der Waals surface area contributed by atoms with Gasteiger partial charge in [0.25, 0.3) is 0 Å². The highest BCUT2D eigenvalue weighted by atomic mass is 35.5. The molecule has 0 spiro atoms. The molecular weight excluding hydrogens is 224 g/mol. The minimum absolute atomic E-state index is 0.550. The van der Waals surface area contributed by atoms with Crippen molar-refractivity contribution < 1.29 is 4.79 Å². The Labute approximate surface area is 101 Å². The van der Waals surface area contributed by atoms with Crippen LogP contribution < -0.4 is 4.90 Å². The number of hydrogen-bond acceptors (Lipinski definition) is 3. The Balaban J connectivity index is 1.93. The summed E-state index contributed by atoms with van der Waals surface area (Å²) in [6.07, 6.45) is 0.970. The minimum Gasteiger partial charge on any atom is -0.369 e. The number of rotatable bonds is 3. The summed E-state index contributed by atoms with van der Waals surface area (Å²) >= 11 is 5.85. The fraction of sp³-hybridized carbons (Fsp3) is 0.417. The molecular formula is C12H15ClN2O. The van der Waals surface area contributed by atoms with Crippen molar-refractivity contribution in [3.63, 3.8) is 0 Å². The summed E-state index contributed by atoms with van der Waals surface area (Å²) in [6.45, 7) is 4.38. The molecule has 0 aliphatic carbocycles. The average Bonchev–Trinajstić information content (AvgIpc) is 2.32. The molecule has 1 aliphatic heterocycles. The van der Waals surface area contributed by atoms with Crippen molar-refractivity contribution in [2.75, 3.05) is 37.6 Å². The number of nitrogens with zero attached hydrogens (tertiary/aromatic N) is 2. The Hall–Kier alpha value is -1.06. The second kappa shape index (κ2) is 5.32. The Bertz CT molecular complexity index is 345. The molecule has 86 valence electrons. The van der Waals surface area contributed by atoms with Gasteiger partial charge < -0.3 is 9.69 Å². The maximum absolute atomic E-state index is 10.4. The number of hydrogen-bond donors (Lipinski definition) is 0. The van der Waals surface area contributed by atoms with Crippen LogP contribution in [0, 0.1) is 0 Å². The Kier molecular flexibility index (Phi) is 3.80. The van der Waals surface area contributed by atoms with E-state index in [2.05, 4.69) is 9.80 Å². The molecule has 4 heteroatoms. The van der Waals surface area contributed by atoms with Crippen LogP contribution in [-0.2, 0) is 4.79 Å². The van der Waals surface area contributed by atoms with Gasteiger partial charge in [-0.2, -0.15) is 0 Å². The Morgan fingerprint density at radius 2 is 1.75 bits per heavy atom. The molecule has 1 aromatic carbocycles. The van der Waals surface area contributed by atoms with Gasteiger partial charge in [0.15, 0.2) is 0 Å². The van der Waals surface area contributed by atoms with Crippen LogP contribution in [0.2, 0.25) is 5.02 Å². The maximum Gasteiger partial charge on any atom is 0.133 e. The first-order valence-corrected chi connectivity index (χ1v) is 5.84. The molecule has 0 radical (unpaired) electrons. The number of anilines is 1. The summed E-state index contributed by atoms with van der Waals surface area (Å²) in [7, 11) is 0. The number of carbonyl (C=O) groups is 1. The van der Waals surface area contributed by atoms with Crippen LogP contribution in [0.25, 0.3) is 0 Å². The summed E-state index contributed by atoms with van der Waals surface area (Å²) in [6, 6.07) is 7.90. The van der Waals surface area contributed by atoms with Crippen molar-refractivity contribution in [3.8, 4) is 0 Å². The lowest BCUT2D eigenvalue weighted by Crippen LogP contribution is -2.46. The van der Waals surface area contributed by atoms with E-state index in [0.717, 1.165) is 37.5 Å². The average molecular weight is 239 g/mol. The van der Waals surface area contributed by atoms with Crippen LogP contribution in [0.3, 0.4) is 0 Å². The van der Waals surface area contributed by atoms with Gasteiger partial charge in [-0.1, -0.05) is 11.6 Å². The van der Waals surface area contributed by atoms with Crippen LogP contribution in [0.4, 0.5) is 5.69 Å². The second-order valence-electron chi connectivity index (χ2n) is 3.93. The van der Waals surface area contributed by atoms with E-state index < -0.39 is 0 Å². The Morgan fingerprint density at radius 1 is 1.12 bits per heavy atom. The van der Waals surface area contributed by atoms with E-state index in [9.17, 15) is 4.79 Å². The quantitative estimate of drug-likeness (QED) is 0.749. The van der Waals surface area contributed by atoms with Gasteiger partial charge in [0.05, 0.1) is 6.54 Å². The number of halogens is 1. The van der Waals surface area contributed by atoms with Gasteiger partial charge in [-0.3, -0.25) is 4.90 Å². The first-order chi connectivity index (χ1) is 7.79. The topological polar surface area (TPSA) is 23.6 Å². The summed E-state index contributed by atoms with van der Waals surface area (Å²) in [5.41, 5.74) is 1.20. The van der Waals surface area contributed by atoms with Gasteiger partial charge in [0.2, 0.25) is 0 Å². The molecule has 1 aliphatic rings. The standard InChI is InChI=1S/C12H15ClN2O/c13-11-1-3-12(4-2-11)15-7-5-14(6-8-15)9-10-16/h1-4,10H,5-9H2. The lowest BCUT2D eigenvalue weighted by atomic mass is 10.2. The van der Waals surface area contributed by atoms with Gasteiger partial charge in [-0.25, -0.2) is 0 Å². The van der Waals surface area contributed by atoms with Gasteiger partial charge in [0.1, 0.15) is 6.29 Å². The van der Waals surface area contributed by atoms with E-state index in [1.807, 2.05) is 24.3 Å². The zero-order chi connectivity index (χ0) is 11.4. The van der Waals surface area contributed by atoms with Crippen LogP contribution >= 0.6 is 11.6 Å². The van der Waals surface area contributed by atoms with Gasteiger partial charge in [-0.15, -0.1) is 0 Å². The molecule has 0 unspecified atom stereocenters. The molecule has 0 N–H and O–H groups in total. The summed E-state index contributed by atoms with van der Waals surface area (Å²) in [5, 5.41) is 0.767. The van der Waals surface area contributed by atoms with Crippen molar-refractivity contribution in [1.82, 2.24) is 4.90 Å². The highest BCUT2D eigenvalue weighted by molar-refractivity contribution is 6.30. The van der Waals surface area contributed by atoms with E-state index in [0.29, 0.717) is 6.54 Å². The van der Waals surface area contributed by atoms with Crippen molar-refractivity contribution in [1.29, 1.82) is 0 Å². The summed E-state index contributed by atoms with van der Waals surface area (Å²) in [4.78, 5) is 14.9. The molecule has 0 atom stereocenters. The van der Waals surface area contributed by atoms with E-state index in [-0.39, 0.29) is 0 Å². The maximum atomic E-state index is 10.4. The van der Waals surface area contributed by atoms with Crippen molar-refractivity contribution >= 4 is 23.6 Å². The second-order valence-corrected chi connectivity index (χ2v) is 4.37. The lowest BCUT2D eigenvalue weighted by Gasteiger charge is -2.35. The van der Waals surface area contributed by atoms with Crippen LogP contribution in [0.5, 0.6) is 0 Å². The largest absolute Gasteiger partial charge is 0.369 e. The molecule has 1 heterocycles. The number of benzene rings is 1. The van der Waals surface area contributed by atoms with Gasteiger partial charge in [0, 0.05) is 36.9 Å². The highest BCUT2D eigenvalue weighted by Crippen LogP contribution is 2.19. The molecule has 3 nitrogen and oxygen atoms in total. The van der Waals surface area contributed by atoms with E-state index in [1.54, 1.807) is 0 Å². The first kappa shape index (κ1) is 11.4. The third-order valence-corrected chi connectivity index (χ3v) is 3.15. The smallest absolute Gasteiger partial charge is 0.133 e. The molecule has 0 amide bonds. The zero-order valence-electron chi connectivity index (χ0n) is 9.10. The fourth-order valence-electron chi connectivity index (χ4n) is 1.95. The normalized spacial score (nSPS) is 17.4. The third kappa shape index (κ3) is 2.74. The molecule has 2 rings (SSSR count). The predicted molar refractivity (Wildman–Crippen MR) is 66.2 cm³/mol. The number of piperazine rings is 1. The molecule has 0 bridgehead atoms. The summed E-state index contributed by atoms with van der Waals surface area (Å²) in [5.74, 6) is 0. The molecule has 1 saturated heterocycles. The van der Waals surface area contributed by atoms with Crippen LogP contribution in [-0.4, -0.2) is 43.9 Å². The van der Waals surface area contributed by atoms with Crippen LogP contribution in [0.15, 0.2) is 24.3 Å². The Morgan fingerprint density at radius 3 is 2.31 bits per heavy atom. The third-order valence-electron chi connectivity index (χ3n) is 2.90. The van der Waals surface area contributed by atoms with E-state index in [1.165, 1.54) is 5.69 Å². The fourth-order valence-corrected chi connectivity index (χ4v) is 2.07. The van der Waals surface area contributed by atoms with Crippen molar-refractivity contribution in [3.05, 3.63) is 29.3 Å². The molecule has 1 aromatic rings. The van der Waals surface area contributed by atoms with E-state index in [4.69, 9.17) is 11.6 Å². The lowest BCUT2D eigenvalue weighted by molar-refractivity contribution is -0.108. The minimum atomic E-state index is 0.550. The SMILES string of the molecule is O=CCN1CCN(c2ccc(Cl)cc2)CC1. The zero-order valence-corrected chi connectivity index (χ0v) is 9.86.